The van der Waals surface area contributed by atoms with E-state index in [1.807, 2.05) is 30.3 Å². The first-order valence-corrected chi connectivity index (χ1v) is 13.1. The maximum atomic E-state index is 13.2. The van der Waals surface area contributed by atoms with Crippen molar-refractivity contribution in [2.45, 2.75) is 18.7 Å². The van der Waals surface area contributed by atoms with Gasteiger partial charge in [-0.3, -0.25) is 4.79 Å². The molecule has 8 nitrogen and oxygen atoms in total. The molecule has 1 atom stereocenters. The minimum atomic E-state index is -3.74. The Morgan fingerprint density at radius 1 is 0.935 bits per heavy atom. The average molecular weight is 464 g/mol. The quantitative estimate of drug-likeness (QED) is 0.687. The van der Waals surface area contributed by atoms with Gasteiger partial charge in [0, 0.05) is 31.9 Å². The molecule has 2 aromatic carbocycles. The number of carbonyl (C=O) groups excluding carboxylic acids is 1. The summed E-state index contributed by atoms with van der Waals surface area (Å²) in [6.07, 6.45) is 0. The van der Waals surface area contributed by atoms with E-state index >= 15 is 0 Å². The van der Waals surface area contributed by atoms with E-state index in [4.69, 9.17) is 0 Å². The molecule has 2 saturated heterocycles. The number of nitrogens with zero attached hydrogens (tertiary/aromatic N) is 3. The fourth-order valence-corrected chi connectivity index (χ4v) is 7.54. The Labute approximate surface area is 183 Å². The van der Waals surface area contributed by atoms with Gasteiger partial charge in [0.05, 0.1) is 22.3 Å². The summed E-state index contributed by atoms with van der Waals surface area (Å²) >= 11 is 0. The molecule has 31 heavy (non-hydrogen) atoms. The minimum Gasteiger partial charge on any atom is -0.369 e. The second-order valence-electron chi connectivity index (χ2n) is 7.96. The van der Waals surface area contributed by atoms with Gasteiger partial charge < -0.3 is 4.90 Å². The molecule has 10 heteroatoms. The number of anilines is 2. The number of amides is 1. The molecule has 0 aliphatic carbocycles. The molecule has 0 radical (unpaired) electrons. The lowest BCUT2D eigenvalue weighted by Crippen LogP contribution is -2.48. The normalized spacial score (nSPS) is 22.1. The molecular formula is C21H25N3O5S2. The van der Waals surface area contributed by atoms with Gasteiger partial charge in [0.15, 0.2) is 0 Å². The second-order valence-corrected chi connectivity index (χ2v) is 11.7. The van der Waals surface area contributed by atoms with Crippen LogP contribution in [0.3, 0.4) is 0 Å². The Bertz CT molecular complexity index is 1200. The molecule has 0 spiro atoms. The lowest BCUT2D eigenvalue weighted by molar-refractivity contribution is -0.119. The van der Waals surface area contributed by atoms with E-state index in [0.29, 0.717) is 31.7 Å². The lowest BCUT2D eigenvalue weighted by Gasteiger charge is -2.35. The van der Waals surface area contributed by atoms with Gasteiger partial charge >= 0.3 is 0 Å². The highest BCUT2D eigenvalue weighted by molar-refractivity contribution is 7.94. The minimum absolute atomic E-state index is 0.126. The summed E-state index contributed by atoms with van der Waals surface area (Å²) in [5.74, 6) is -1.35. The summed E-state index contributed by atoms with van der Waals surface area (Å²) in [6.45, 7) is 5.06. The van der Waals surface area contributed by atoms with Crippen LogP contribution in [0.25, 0.3) is 0 Å². The zero-order valence-electron chi connectivity index (χ0n) is 17.4. The SMILES string of the molecule is Cc1cc(N2C(=O)C(C)CS2(=O)=O)ccc1S(=O)(=O)N1CCN(c2ccccc2)CC1. The van der Waals surface area contributed by atoms with Crippen LogP contribution in [0.2, 0.25) is 0 Å². The van der Waals surface area contributed by atoms with Gasteiger partial charge in [0.2, 0.25) is 26.0 Å². The Balaban J connectivity index is 1.55. The standard InChI is InChI=1S/C21H25N3O5S2/c1-16-14-19(24-21(25)17(2)15-30(24,26)27)8-9-20(16)31(28,29)23-12-10-22(11-13-23)18-6-4-3-5-7-18/h3-9,14,17H,10-13,15H2,1-2H3. The molecular weight excluding hydrogens is 438 g/mol. The van der Waals surface area contributed by atoms with E-state index in [1.165, 1.54) is 22.5 Å². The van der Waals surface area contributed by atoms with Crippen molar-refractivity contribution < 1.29 is 21.6 Å². The summed E-state index contributed by atoms with van der Waals surface area (Å²) < 4.78 is 53.4. The fraction of sp³-hybridized carbons (Fsp3) is 0.381. The number of hydrogen-bond acceptors (Lipinski definition) is 6. The molecule has 2 aliphatic rings. The molecule has 0 saturated carbocycles. The van der Waals surface area contributed by atoms with E-state index in [-0.39, 0.29) is 16.3 Å². The molecule has 166 valence electrons. The summed E-state index contributed by atoms with van der Waals surface area (Å²) in [5, 5.41) is 0. The molecule has 0 bridgehead atoms. The molecule has 0 aromatic heterocycles. The van der Waals surface area contributed by atoms with Crippen molar-refractivity contribution >= 4 is 37.3 Å². The smallest absolute Gasteiger partial charge is 0.244 e. The predicted octanol–water partition coefficient (Wildman–Crippen LogP) is 1.82. The average Bonchev–Trinajstić information content (AvgIpc) is 2.95. The van der Waals surface area contributed by atoms with Crippen LogP contribution in [0.4, 0.5) is 11.4 Å². The van der Waals surface area contributed by atoms with E-state index in [9.17, 15) is 21.6 Å². The van der Waals surface area contributed by atoms with Gasteiger partial charge in [-0.25, -0.2) is 21.1 Å². The highest BCUT2D eigenvalue weighted by atomic mass is 32.2. The topological polar surface area (TPSA) is 95.1 Å². The first-order chi connectivity index (χ1) is 14.6. The third-order valence-electron chi connectivity index (χ3n) is 5.73. The molecule has 2 heterocycles. The maximum Gasteiger partial charge on any atom is 0.244 e. The van der Waals surface area contributed by atoms with Crippen LogP contribution in [0, 0.1) is 12.8 Å². The van der Waals surface area contributed by atoms with E-state index in [0.717, 1.165) is 9.99 Å². The van der Waals surface area contributed by atoms with Crippen LogP contribution in [-0.2, 0) is 24.8 Å². The van der Waals surface area contributed by atoms with Gasteiger partial charge in [0.25, 0.3) is 0 Å². The van der Waals surface area contributed by atoms with Crippen molar-refractivity contribution in [2.24, 2.45) is 5.92 Å². The fourth-order valence-electron chi connectivity index (χ4n) is 4.10. The number of para-hydroxylation sites is 1. The molecule has 4 rings (SSSR count). The molecule has 2 aliphatic heterocycles. The number of piperazine rings is 1. The van der Waals surface area contributed by atoms with Crippen molar-refractivity contribution in [3.8, 4) is 0 Å². The molecule has 0 N–H and O–H groups in total. The Morgan fingerprint density at radius 3 is 2.13 bits per heavy atom. The number of hydrogen-bond donors (Lipinski definition) is 0. The van der Waals surface area contributed by atoms with Gasteiger partial charge in [-0.1, -0.05) is 25.1 Å². The largest absolute Gasteiger partial charge is 0.369 e. The Morgan fingerprint density at radius 2 is 1.58 bits per heavy atom. The summed E-state index contributed by atoms with van der Waals surface area (Å²) in [7, 11) is -7.48. The van der Waals surface area contributed by atoms with Crippen molar-refractivity contribution in [3.05, 3.63) is 54.1 Å². The maximum absolute atomic E-state index is 13.2. The summed E-state index contributed by atoms with van der Waals surface area (Å²) in [6, 6.07) is 14.1. The zero-order chi connectivity index (χ0) is 22.4. The van der Waals surface area contributed by atoms with Gasteiger partial charge in [0.1, 0.15) is 0 Å². The Kier molecular flexibility index (Phi) is 5.57. The number of benzene rings is 2. The Hall–Kier alpha value is -2.43. The lowest BCUT2D eigenvalue weighted by atomic mass is 10.2. The van der Waals surface area contributed by atoms with Gasteiger partial charge in [-0.15, -0.1) is 0 Å². The van der Waals surface area contributed by atoms with Crippen molar-refractivity contribution in [3.63, 3.8) is 0 Å². The van der Waals surface area contributed by atoms with Gasteiger partial charge in [-0.05, 0) is 42.8 Å². The molecule has 2 fully saturated rings. The van der Waals surface area contributed by atoms with Crippen LogP contribution in [0.1, 0.15) is 12.5 Å². The predicted molar refractivity (Wildman–Crippen MR) is 119 cm³/mol. The monoisotopic (exact) mass is 463 g/mol. The molecule has 1 unspecified atom stereocenters. The number of aryl methyl sites for hydroxylation is 1. The third-order valence-corrected chi connectivity index (χ3v) is 9.66. The van der Waals surface area contributed by atoms with E-state index < -0.39 is 31.9 Å². The van der Waals surface area contributed by atoms with Crippen LogP contribution in [0.15, 0.2) is 53.4 Å². The molecule has 1 amide bonds. The highest BCUT2D eigenvalue weighted by Gasteiger charge is 2.42. The summed E-state index contributed by atoms with van der Waals surface area (Å²) in [5.41, 5.74) is 1.65. The summed E-state index contributed by atoms with van der Waals surface area (Å²) in [4.78, 5) is 14.6. The van der Waals surface area contributed by atoms with Crippen LogP contribution in [-0.4, -0.2) is 59.0 Å². The first-order valence-electron chi connectivity index (χ1n) is 10.1. The van der Waals surface area contributed by atoms with Crippen molar-refractivity contribution in [2.75, 3.05) is 41.1 Å². The first kappa shape index (κ1) is 21.8. The second kappa shape index (κ2) is 7.92. The molecule has 2 aromatic rings. The highest BCUT2D eigenvalue weighted by Crippen LogP contribution is 2.32. The zero-order valence-corrected chi connectivity index (χ0v) is 19.1. The van der Waals surface area contributed by atoms with Gasteiger partial charge in [-0.2, -0.15) is 4.31 Å². The number of carbonyl (C=O) groups is 1. The van der Waals surface area contributed by atoms with Crippen molar-refractivity contribution in [1.82, 2.24) is 4.31 Å². The number of sulfonamides is 2. The van der Waals surface area contributed by atoms with Crippen LogP contribution in [0.5, 0.6) is 0 Å². The van der Waals surface area contributed by atoms with E-state index in [2.05, 4.69) is 4.90 Å². The van der Waals surface area contributed by atoms with Crippen LogP contribution < -0.4 is 9.21 Å². The number of rotatable bonds is 4. The van der Waals surface area contributed by atoms with E-state index in [1.54, 1.807) is 13.8 Å². The van der Waals surface area contributed by atoms with Crippen LogP contribution >= 0.6 is 0 Å². The van der Waals surface area contributed by atoms with Crippen molar-refractivity contribution in [1.29, 1.82) is 0 Å². The third kappa shape index (κ3) is 3.95.